The third-order valence-electron chi connectivity index (χ3n) is 4.99. The fourth-order valence-electron chi connectivity index (χ4n) is 3.35. The second-order valence-corrected chi connectivity index (χ2v) is 6.76. The van der Waals surface area contributed by atoms with Gasteiger partial charge in [0.25, 0.3) is 0 Å². The summed E-state index contributed by atoms with van der Waals surface area (Å²) < 4.78 is 11.0. The molecule has 2 N–H and O–H groups in total. The van der Waals surface area contributed by atoms with E-state index in [1.54, 1.807) is 16.9 Å². The number of piperazine rings is 1. The minimum absolute atomic E-state index is 0.731. The summed E-state index contributed by atoms with van der Waals surface area (Å²) in [5.41, 5.74) is 2.04. The molecule has 0 spiro atoms. The highest BCUT2D eigenvalue weighted by molar-refractivity contribution is 5.31. The van der Waals surface area contributed by atoms with Crippen LogP contribution < -0.4 is 19.3 Å². The second kappa shape index (κ2) is 9.23. The lowest BCUT2D eigenvalue weighted by atomic mass is 10.1. The first kappa shape index (κ1) is 18.2. The SMILES string of the molecule is COc1ccc(OCC[NH+]2CC[NH+](Cc3ccc(C#N)cc3)CC2)cc1. The highest BCUT2D eigenvalue weighted by Crippen LogP contribution is 2.16. The fraction of sp³-hybridized carbons (Fsp3) is 0.381. The van der Waals surface area contributed by atoms with Gasteiger partial charge in [0.15, 0.2) is 0 Å². The van der Waals surface area contributed by atoms with Crippen LogP contribution in [0.4, 0.5) is 0 Å². The van der Waals surface area contributed by atoms with E-state index in [0.717, 1.165) is 36.8 Å². The zero-order valence-corrected chi connectivity index (χ0v) is 15.3. The van der Waals surface area contributed by atoms with Gasteiger partial charge in [0.1, 0.15) is 57.4 Å². The normalized spacial score (nSPS) is 19.5. The van der Waals surface area contributed by atoms with Gasteiger partial charge >= 0.3 is 0 Å². The molecule has 0 radical (unpaired) electrons. The van der Waals surface area contributed by atoms with Crippen LogP contribution in [-0.4, -0.2) is 46.4 Å². The van der Waals surface area contributed by atoms with Gasteiger partial charge in [-0.25, -0.2) is 0 Å². The molecule has 2 aromatic rings. The Morgan fingerprint density at radius 2 is 1.50 bits per heavy atom. The van der Waals surface area contributed by atoms with Crippen LogP contribution in [0.3, 0.4) is 0 Å². The van der Waals surface area contributed by atoms with Gasteiger partial charge in [-0.1, -0.05) is 12.1 Å². The van der Waals surface area contributed by atoms with Gasteiger partial charge in [-0.05, 0) is 36.4 Å². The second-order valence-electron chi connectivity index (χ2n) is 6.76. The Morgan fingerprint density at radius 1 is 0.885 bits per heavy atom. The average molecular weight is 353 g/mol. The van der Waals surface area contributed by atoms with Crippen molar-refractivity contribution in [3.05, 3.63) is 59.7 Å². The monoisotopic (exact) mass is 353 g/mol. The first-order valence-electron chi connectivity index (χ1n) is 9.20. The summed E-state index contributed by atoms with van der Waals surface area (Å²) in [5, 5.41) is 8.87. The molecule has 1 aliphatic rings. The number of methoxy groups -OCH3 is 1. The van der Waals surface area contributed by atoms with Crippen LogP contribution in [-0.2, 0) is 6.54 Å². The van der Waals surface area contributed by atoms with Gasteiger partial charge in [0.2, 0.25) is 0 Å². The summed E-state index contributed by atoms with van der Waals surface area (Å²) in [5.74, 6) is 1.75. The van der Waals surface area contributed by atoms with E-state index in [9.17, 15) is 0 Å². The summed E-state index contributed by atoms with van der Waals surface area (Å²) >= 11 is 0. The molecular formula is C21H27N3O2+2. The largest absolute Gasteiger partial charge is 0.497 e. The predicted octanol–water partition coefficient (Wildman–Crippen LogP) is -0.0707. The van der Waals surface area contributed by atoms with E-state index in [1.165, 1.54) is 31.7 Å². The van der Waals surface area contributed by atoms with E-state index >= 15 is 0 Å². The van der Waals surface area contributed by atoms with Crippen LogP contribution in [0.25, 0.3) is 0 Å². The molecule has 1 aliphatic heterocycles. The topological polar surface area (TPSA) is 51.1 Å². The Kier molecular flexibility index (Phi) is 6.48. The number of benzene rings is 2. The molecule has 1 heterocycles. The molecule has 3 rings (SSSR count). The molecule has 136 valence electrons. The standard InChI is InChI=1S/C21H25N3O2/c1-25-20-6-8-21(9-7-20)26-15-14-23-10-12-24(13-11-23)17-19-4-2-18(16-22)3-5-19/h2-9H,10-15,17H2,1H3/p+2. The lowest BCUT2D eigenvalue weighted by Gasteiger charge is -2.29. The van der Waals surface area contributed by atoms with Crippen LogP contribution in [0.2, 0.25) is 0 Å². The number of hydrogen-bond donors (Lipinski definition) is 2. The van der Waals surface area contributed by atoms with Crippen molar-refractivity contribution in [2.24, 2.45) is 0 Å². The van der Waals surface area contributed by atoms with Crippen molar-refractivity contribution < 1.29 is 19.3 Å². The first-order chi connectivity index (χ1) is 12.8. The number of quaternary nitrogens is 2. The van der Waals surface area contributed by atoms with Gasteiger partial charge in [0, 0.05) is 5.56 Å². The predicted molar refractivity (Wildman–Crippen MR) is 99.6 cm³/mol. The fourth-order valence-corrected chi connectivity index (χ4v) is 3.35. The molecule has 0 amide bonds. The molecule has 0 bridgehead atoms. The van der Waals surface area contributed by atoms with Crippen LogP contribution in [0, 0.1) is 11.3 Å². The minimum Gasteiger partial charge on any atom is -0.497 e. The van der Waals surface area contributed by atoms with Crippen molar-refractivity contribution in [2.75, 3.05) is 46.4 Å². The van der Waals surface area contributed by atoms with E-state index in [0.29, 0.717) is 0 Å². The highest BCUT2D eigenvalue weighted by Gasteiger charge is 2.22. The third-order valence-corrected chi connectivity index (χ3v) is 4.99. The summed E-state index contributed by atoms with van der Waals surface area (Å²) in [7, 11) is 1.67. The number of hydrogen-bond acceptors (Lipinski definition) is 3. The number of nitriles is 1. The third kappa shape index (κ3) is 5.22. The Bertz CT molecular complexity index is 714. The number of ether oxygens (including phenoxy) is 2. The molecule has 0 aliphatic carbocycles. The maximum Gasteiger partial charge on any atom is 0.137 e. The summed E-state index contributed by atoms with van der Waals surface area (Å²) in [4.78, 5) is 3.23. The van der Waals surface area contributed by atoms with E-state index in [2.05, 4.69) is 18.2 Å². The lowest BCUT2D eigenvalue weighted by molar-refractivity contribution is -1.02. The minimum atomic E-state index is 0.731. The molecular weight excluding hydrogens is 326 g/mol. The van der Waals surface area contributed by atoms with Crippen LogP contribution in [0.1, 0.15) is 11.1 Å². The summed E-state index contributed by atoms with van der Waals surface area (Å²) in [6, 6.07) is 17.9. The van der Waals surface area contributed by atoms with Gasteiger partial charge in [-0.3, -0.25) is 0 Å². The zero-order chi connectivity index (χ0) is 18.2. The number of nitrogens with one attached hydrogen (secondary N) is 2. The first-order valence-corrected chi connectivity index (χ1v) is 9.20. The molecule has 0 unspecified atom stereocenters. The average Bonchev–Trinajstić information content (AvgIpc) is 2.70. The van der Waals surface area contributed by atoms with Gasteiger partial charge in [-0.2, -0.15) is 5.26 Å². The molecule has 1 saturated heterocycles. The van der Waals surface area contributed by atoms with Crippen LogP contribution in [0.5, 0.6) is 11.5 Å². The number of nitrogens with zero attached hydrogens (tertiary/aromatic N) is 1. The van der Waals surface area contributed by atoms with Crippen molar-refractivity contribution in [3.63, 3.8) is 0 Å². The molecule has 26 heavy (non-hydrogen) atoms. The molecule has 2 aromatic carbocycles. The summed E-state index contributed by atoms with van der Waals surface area (Å²) in [6.45, 7) is 7.54. The molecule has 0 atom stereocenters. The lowest BCUT2D eigenvalue weighted by Crippen LogP contribution is -3.27. The molecule has 5 heteroatoms. The highest BCUT2D eigenvalue weighted by atomic mass is 16.5. The van der Waals surface area contributed by atoms with Crippen molar-refractivity contribution >= 4 is 0 Å². The van der Waals surface area contributed by atoms with Crippen molar-refractivity contribution in [3.8, 4) is 17.6 Å². The van der Waals surface area contributed by atoms with Crippen molar-refractivity contribution in [1.29, 1.82) is 5.26 Å². The Labute approximate surface area is 155 Å². The van der Waals surface area contributed by atoms with Crippen molar-refractivity contribution in [1.82, 2.24) is 0 Å². The zero-order valence-electron chi connectivity index (χ0n) is 15.3. The Balaban J connectivity index is 1.36. The van der Waals surface area contributed by atoms with Gasteiger partial charge in [0.05, 0.1) is 18.7 Å². The molecule has 0 saturated carbocycles. The molecule has 5 nitrogen and oxygen atoms in total. The quantitative estimate of drug-likeness (QED) is 0.733. The van der Waals surface area contributed by atoms with Gasteiger partial charge < -0.3 is 19.3 Å². The maximum atomic E-state index is 8.87. The Hall–Kier alpha value is -2.55. The van der Waals surface area contributed by atoms with Crippen LogP contribution >= 0.6 is 0 Å². The number of rotatable bonds is 7. The van der Waals surface area contributed by atoms with Crippen molar-refractivity contribution in [2.45, 2.75) is 6.54 Å². The van der Waals surface area contributed by atoms with Crippen LogP contribution in [0.15, 0.2) is 48.5 Å². The molecule has 1 fully saturated rings. The maximum absolute atomic E-state index is 8.87. The van der Waals surface area contributed by atoms with E-state index in [4.69, 9.17) is 14.7 Å². The smallest absolute Gasteiger partial charge is 0.137 e. The Morgan fingerprint density at radius 3 is 2.12 bits per heavy atom. The van der Waals surface area contributed by atoms with E-state index in [1.807, 2.05) is 36.4 Å². The molecule has 0 aromatic heterocycles. The summed E-state index contributed by atoms with van der Waals surface area (Å²) in [6.07, 6.45) is 0. The van der Waals surface area contributed by atoms with E-state index < -0.39 is 0 Å². The van der Waals surface area contributed by atoms with Gasteiger partial charge in [-0.15, -0.1) is 0 Å². The van der Waals surface area contributed by atoms with E-state index in [-0.39, 0.29) is 0 Å².